The topological polar surface area (TPSA) is 96.2 Å². The molecule has 0 spiro atoms. The van der Waals surface area contributed by atoms with E-state index in [9.17, 15) is 4.79 Å². The number of hydrogen-bond acceptors (Lipinski definition) is 7. The number of ether oxygens (including phenoxy) is 2. The smallest absolute Gasteiger partial charge is 0.287 e. The first-order valence-electron chi connectivity index (χ1n) is 11.0. The molecule has 174 valence electrons. The maximum atomic E-state index is 12.4. The summed E-state index contributed by atoms with van der Waals surface area (Å²) in [4.78, 5) is 15.1. The molecule has 4 rings (SSSR count). The zero-order valence-electron chi connectivity index (χ0n) is 18.2. The lowest BCUT2D eigenvalue weighted by atomic mass is 10.2. The summed E-state index contributed by atoms with van der Waals surface area (Å²) < 4.78 is 17.2. The maximum absolute atomic E-state index is 12.4. The highest BCUT2D eigenvalue weighted by atomic mass is 32.1. The molecule has 33 heavy (non-hydrogen) atoms. The number of furan rings is 1. The highest BCUT2D eigenvalue weighted by Crippen LogP contribution is 2.24. The molecule has 1 amide bonds. The van der Waals surface area contributed by atoms with Crippen molar-refractivity contribution >= 4 is 34.1 Å². The molecular formula is C24H27N3O5S. The number of hydrogen-bond donors (Lipinski definition) is 3. The number of nitrogens with one attached hydrogen (secondary N) is 2. The van der Waals surface area contributed by atoms with Gasteiger partial charge in [-0.05, 0) is 74.5 Å². The van der Waals surface area contributed by atoms with E-state index in [0.29, 0.717) is 36.7 Å². The molecule has 1 saturated heterocycles. The van der Waals surface area contributed by atoms with Crippen LogP contribution in [-0.4, -0.2) is 60.4 Å². The summed E-state index contributed by atoms with van der Waals surface area (Å²) in [6.45, 7) is 4.48. The van der Waals surface area contributed by atoms with Gasteiger partial charge in [0, 0.05) is 17.5 Å². The molecule has 3 aromatic rings. The van der Waals surface area contributed by atoms with Gasteiger partial charge >= 0.3 is 0 Å². The number of carbonyl (C=O) groups excluding carboxylic acids is 1. The summed E-state index contributed by atoms with van der Waals surface area (Å²) in [5.74, 6) is 1.34. The molecule has 3 N–H and O–H groups in total. The van der Waals surface area contributed by atoms with Gasteiger partial charge in [0.1, 0.15) is 35.3 Å². The number of hydroxylamine groups is 1. The number of rotatable bonds is 10. The van der Waals surface area contributed by atoms with Gasteiger partial charge in [-0.1, -0.05) is 12.2 Å². The van der Waals surface area contributed by atoms with Crippen LogP contribution in [0, 0.1) is 0 Å². The summed E-state index contributed by atoms with van der Waals surface area (Å²) >= 11 is 4.95. The Morgan fingerprint density at radius 1 is 1.03 bits per heavy atom. The van der Waals surface area contributed by atoms with E-state index < -0.39 is 0 Å². The Morgan fingerprint density at radius 2 is 1.76 bits per heavy atom. The monoisotopic (exact) mass is 469 g/mol. The predicted molar refractivity (Wildman–Crippen MR) is 128 cm³/mol. The molecule has 2 aromatic carbocycles. The Balaban J connectivity index is 1.23. The van der Waals surface area contributed by atoms with Crippen molar-refractivity contribution in [1.29, 1.82) is 0 Å². The molecule has 1 aliphatic rings. The first kappa shape index (κ1) is 23.0. The number of benzene rings is 2. The third kappa shape index (κ3) is 6.22. The molecule has 0 unspecified atom stereocenters. The lowest BCUT2D eigenvalue weighted by molar-refractivity contribution is 0.0921. The van der Waals surface area contributed by atoms with Gasteiger partial charge < -0.3 is 19.2 Å². The largest absolute Gasteiger partial charge is 0.492 e. The van der Waals surface area contributed by atoms with E-state index in [4.69, 9.17) is 31.3 Å². The van der Waals surface area contributed by atoms with Crippen LogP contribution in [0.1, 0.15) is 29.0 Å². The van der Waals surface area contributed by atoms with Crippen LogP contribution >= 0.6 is 12.2 Å². The first-order chi connectivity index (χ1) is 16.1. The minimum Gasteiger partial charge on any atom is -0.492 e. The quantitative estimate of drug-likeness (QED) is 0.236. The second-order valence-electron chi connectivity index (χ2n) is 7.78. The summed E-state index contributed by atoms with van der Waals surface area (Å²) in [7, 11) is 0. The van der Waals surface area contributed by atoms with Gasteiger partial charge in [0.25, 0.3) is 5.91 Å². The minimum absolute atomic E-state index is 0.236. The summed E-state index contributed by atoms with van der Waals surface area (Å²) in [5, 5.41) is 12.4. The highest BCUT2D eigenvalue weighted by Gasteiger charge is 2.14. The van der Waals surface area contributed by atoms with Gasteiger partial charge in [-0.2, -0.15) is 0 Å². The first-order valence-corrected chi connectivity index (χ1v) is 11.4. The number of thiocarbonyl (C=S) groups is 1. The minimum atomic E-state index is -0.305. The molecule has 0 bridgehead atoms. The van der Waals surface area contributed by atoms with E-state index >= 15 is 0 Å². The average molecular weight is 470 g/mol. The Morgan fingerprint density at radius 3 is 2.52 bits per heavy atom. The van der Waals surface area contributed by atoms with E-state index in [2.05, 4.69) is 10.2 Å². The van der Waals surface area contributed by atoms with Crippen molar-refractivity contribution in [2.45, 2.75) is 12.8 Å². The molecular weight excluding hydrogens is 442 g/mol. The second-order valence-corrected chi connectivity index (χ2v) is 8.19. The molecule has 0 atom stereocenters. The van der Waals surface area contributed by atoms with E-state index in [1.54, 1.807) is 30.3 Å². The summed E-state index contributed by atoms with van der Waals surface area (Å²) in [6.07, 6.45) is 2.53. The van der Waals surface area contributed by atoms with Gasteiger partial charge in [0.15, 0.2) is 5.76 Å². The second kappa shape index (κ2) is 11.1. The Labute approximate surface area is 197 Å². The van der Waals surface area contributed by atoms with E-state index in [1.807, 2.05) is 23.7 Å². The zero-order valence-corrected chi connectivity index (χ0v) is 19.0. The maximum Gasteiger partial charge on any atom is 0.287 e. The van der Waals surface area contributed by atoms with Crippen LogP contribution in [0.4, 0.5) is 0 Å². The number of amides is 1. The van der Waals surface area contributed by atoms with E-state index in [0.717, 1.165) is 30.8 Å². The van der Waals surface area contributed by atoms with Crippen molar-refractivity contribution in [3.05, 3.63) is 59.9 Å². The molecule has 0 aliphatic carbocycles. The van der Waals surface area contributed by atoms with Crippen molar-refractivity contribution in [3.8, 4) is 11.5 Å². The highest BCUT2D eigenvalue weighted by molar-refractivity contribution is 7.80. The molecule has 0 radical (unpaired) electrons. The van der Waals surface area contributed by atoms with E-state index in [1.165, 1.54) is 12.8 Å². The fourth-order valence-corrected chi connectivity index (χ4v) is 3.85. The number of nitrogens with zero attached hydrogens (tertiary/aromatic N) is 1. The molecule has 1 fully saturated rings. The van der Waals surface area contributed by atoms with Crippen LogP contribution in [0.2, 0.25) is 0 Å². The molecule has 2 heterocycles. The van der Waals surface area contributed by atoms with Gasteiger partial charge in [-0.3, -0.25) is 20.4 Å². The molecule has 8 nitrogen and oxygen atoms in total. The number of carbonyl (C=O) groups is 1. The molecule has 9 heteroatoms. The van der Waals surface area contributed by atoms with Gasteiger partial charge in [-0.15, -0.1) is 0 Å². The Kier molecular flexibility index (Phi) is 7.77. The van der Waals surface area contributed by atoms with Crippen LogP contribution in [0.3, 0.4) is 0 Å². The lowest BCUT2D eigenvalue weighted by Gasteiger charge is -2.14. The van der Waals surface area contributed by atoms with Crippen LogP contribution in [-0.2, 0) is 0 Å². The van der Waals surface area contributed by atoms with Crippen molar-refractivity contribution in [3.63, 3.8) is 0 Å². The average Bonchev–Trinajstić information content (AvgIpc) is 3.51. The standard InChI is InChI=1S/C24H27N3O5S/c28-23(25-9-13-30-19-5-3-17(4-6-19)24(33)26-29)22-16-18-15-20(7-8-21(18)32-22)31-14-12-27-10-1-2-11-27/h3-8,15-16,29H,1-2,9-14H2,(H,25,28)(H,26,33). The number of fused-ring (bicyclic) bond motifs is 1. The van der Waals surface area contributed by atoms with Crippen LogP contribution < -0.4 is 20.3 Å². The van der Waals surface area contributed by atoms with Crippen LogP contribution in [0.5, 0.6) is 11.5 Å². The van der Waals surface area contributed by atoms with E-state index in [-0.39, 0.29) is 16.7 Å². The van der Waals surface area contributed by atoms with Gasteiger partial charge in [-0.25, -0.2) is 0 Å². The SMILES string of the molecule is O=C(NCCOc1ccc(C(=S)NO)cc1)c1cc2cc(OCCN3CCCC3)ccc2o1. The Hall–Kier alpha value is -3.14. The van der Waals surface area contributed by atoms with Crippen LogP contribution in [0.25, 0.3) is 11.0 Å². The predicted octanol–water partition coefficient (Wildman–Crippen LogP) is 3.37. The fraction of sp³-hybridized carbons (Fsp3) is 0.333. The number of likely N-dealkylation sites (tertiary alicyclic amines) is 1. The third-order valence-electron chi connectivity index (χ3n) is 5.46. The zero-order chi connectivity index (χ0) is 23.0. The van der Waals surface area contributed by atoms with Gasteiger partial charge in [0.05, 0.1) is 6.54 Å². The van der Waals surface area contributed by atoms with Crippen LogP contribution in [0.15, 0.2) is 52.9 Å². The van der Waals surface area contributed by atoms with Crippen molar-refractivity contribution in [2.24, 2.45) is 0 Å². The summed E-state index contributed by atoms with van der Waals surface area (Å²) in [5.41, 5.74) is 3.25. The van der Waals surface area contributed by atoms with Crippen molar-refractivity contribution < 1.29 is 23.9 Å². The van der Waals surface area contributed by atoms with Crippen molar-refractivity contribution in [2.75, 3.05) is 39.4 Å². The molecule has 0 saturated carbocycles. The molecule has 1 aliphatic heterocycles. The Bertz CT molecular complexity index is 1090. The summed E-state index contributed by atoms with van der Waals surface area (Å²) in [6, 6.07) is 14.2. The third-order valence-corrected chi connectivity index (χ3v) is 5.79. The molecule has 1 aromatic heterocycles. The fourth-order valence-electron chi connectivity index (χ4n) is 3.71. The van der Waals surface area contributed by atoms with Gasteiger partial charge in [0.2, 0.25) is 0 Å². The lowest BCUT2D eigenvalue weighted by Crippen LogP contribution is -2.27. The van der Waals surface area contributed by atoms with Crippen molar-refractivity contribution in [1.82, 2.24) is 15.7 Å². The normalized spacial score (nSPS) is 13.7.